The van der Waals surface area contributed by atoms with Crippen LogP contribution < -0.4 is 10.5 Å². The highest BCUT2D eigenvalue weighted by Gasteiger charge is 2.00. The minimum atomic E-state index is 0.354. The zero-order chi connectivity index (χ0) is 12.1. The standard InChI is InChI=1S/C12H12IN3O/c13-10-1-3-11(4-2-10)17-12-15-7-9(5-6-14)8-16-12/h1-4,7-8H,5-6,14H2. The highest BCUT2D eigenvalue weighted by atomic mass is 127. The second kappa shape index (κ2) is 5.92. The van der Waals surface area contributed by atoms with Gasteiger partial charge in [0.2, 0.25) is 0 Å². The predicted octanol–water partition coefficient (Wildman–Crippen LogP) is 2.37. The van der Waals surface area contributed by atoms with E-state index in [0.717, 1.165) is 21.3 Å². The topological polar surface area (TPSA) is 61.0 Å². The van der Waals surface area contributed by atoms with Crippen molar-refractivity contribution in [3.05, 3.63) is 45.8 Å². The fraction of sp³-hybridized carbons (Fsp3) is 0.167. The number of nitrogens with two attached hydrogens (primary N) is 1. The van der Waals surface area contributed by atoms with Crippen LogP contribution in [0.5, 0.6) is 11.8 Å². The van der Waals surface area contributed by atoms with E-state index in [1.165, 1.54) is 0 Å². The molecule has 0 saturated heterocycles. The van der Waals surface area contributed by atoms with Crippen molar-refractivity contribution >= 4 is 22.6 Å². The minimum absolute atomic E-state index is 0.354. The van der Waals surface area contributed by atoms with Gasteiger partial charge in [-0.15, -0.1) is 0 Å². The zero-order valence-electron chi connectivity index (χ0n) is 9.14. The van der Waals surface area contributed by atoms with Crippen LogP contribution in [0.2, 0.25) is 0 Å². The third-order valence-electron chi connectivity index (χ3n) is 2.14. The highest BCUT2D eigenvalue weighted by molar-refractivity contribution is 14.1. The Hall–Kier alpha value is -1.21. The first-order chi connectivity index (χ1) is 8.28. The molecule has 0 aliphatic rings. The monoisotopic (exact) mass is 341 g/mol. The first kappa shape index (κ1) is 12.3. The van der Waals surface area contributed by atoms with Crippen molar-refractivity contribution in [1.29, 1.82) is 0 Å². The molecule has 0 radical (unpaired) electrons. The Balaban J connectivity index is 2.05. The zero-order valence-corrected chi connectivity index (χ0v) is 11.3. The van der Waals surface area contributed by atoms with Crippen LogP contribution in [-0.4, -0.2) is 16.5 Å². The maximum absolute atomic E-state index is 5.51. The smallest absolute Gasteiger partial charge is 0.321 e. The summed E-state index contributed by atoms with van der Waals surface area (Å²) in [5, 5.41) is 0. The Morgan fingerprint density at radius 1 is 1.12 bits per heavy atom. The van der Waals surface area contributed by atoms with Crippen molar-refractivity contribution < 1.29 is 4.74 Å². The molecule has 88 valence electrons. The van der Waals surface area contributed by atoms with E-state index in [4.69, 9.17) is 10.5 Å². The largest absolute Gasteiger partial charge is 0.424 e. The van der Waals surface area contributed by atoms with Gasteiger partial charge >= 0.3 is 6.01 Å². The Bertz CT molecular complexity index is 470. The van der Waals surface area contributed by atoms with E-state index < -0.39 is 0 Å². The first-order valence-electron chi connectivity index (χ1n) is 5.22. The maximum atomic E-state index is 5.51. The van der Waals surface area contributed by atoms with Crippen LogP contribution in [0.1, 0.15) is 5.56 Å². The molecule has 2 N–H and O–H groups in total. The van der Waals surface area contributed by atoms with Crippen molar-refractivity contribution in [1.82, 2.24) is 9.97 Å². The Morgan fingerprint density at radius 2 is 1.76 bits per heavy atom. The molecule has 17 heavy (non-hydrogen) atoms. The third kappa shape index (κ3) is 3.64. The van der Waals surface area contributed by atoms with Crippen molar-refractivity contribution in [2.75, 3.05) is 6.54 Å². The van der Waals surface area contributed by atoms with Crippen LogP contribution in [0, 0.1) is 3.57 Å². The van der Waals surface area contributed by atoms with E-state index in [1.54, 1.807) is 12.4 Å². The molecule has 0 unspecified atom stereocenters. The van der Waals surface area contributed by atoms with Crippen LogP contribution in [0.4, 0.5) is 0 Å². The Kier molecular flexibility index (Phi) is 4.27. The van der Waals surface area contributed by atoms with Gasteiger partial charge in [0, 0.05) is 16.0 Å². The molecule has 0 aliphatic heterocycles. The van der Waals surface area contributed by atoms with Crippen molar-refractivity contribution in [2.45, 2.75) is 6.42 Å². The lowest BCUT2D eigenvalue weighted by Gasteiger charge is -2.04. The summed E-state index contributed by atoms with van der Waals surface area (Å²) < 4.78 is 6.67. The van der Waals surface area contributed by atoms with Gasteiger partial charge in [0.1, 0.15) is 5.75 Å². The van der Waals surface area contributed by atoms with Gasteiger partial charge < -0.3 is 10.5 Å². The third-order valence-corrected chi connectivity index (χ3v) is 2.86. The highest BCUT2D eigenvalue weighted by Crippen LogP contribution is 2.18. The first-order valence-corrected chi connectivity index (χ1v) is 6.30. The van der Waals surface area contributed by atoms with Crippen molar-refractivity contribution in [3.8, 4) is 11.8 Å². The number of nitrogens with zero attached hydrogens (tertiary/aromatic N) is 2. The van der Waals surface area contributed by atoms with E-state index in [-0.39, 0.29) is 0 Å². The predicted molar refractivity (Wildman–Crippen MR) is 74.0 cm³/mol. The summed E-state index contributed by atoms with van der Waals surface area (Å²) in [7, 11) is 0. The van der Waals surface area contributed by atoms with Crippen LogP contribution in [0.3, 0.4) is 0 Å². The fourth-order valence-electron chi connectivity index (χ4n) is 1.30. The quantitative estimate of drug-likeness (QED) is 0.868. The van der Waals surface area contributed by atoms with Crippen molar-refractivity contribution in [2.24, 2.45) is 5.73 Å². The normalized spacial score (nSPS) is 10.2. The van der Waals surface area contributed by atoms with Gasteiger partial charge in [-0.3, -0.25) is 0 Å². The summed E-state index contributed by atoms with van der Waals surface area (Å²) in [4.78, 5) is 8.25. The average molecular weight is 341 g/mol. The van der Waals surface area contributed by atoms with Gasteiger partial charge in [-0.05, 0) is 65.4 Å². The summed E-state index contributed by atoms with van der Waals surface area (Å²) in [6, 6.07) is 8.07. The molecule has 2 aromatic rings. The van der Waals surface area contributed by atoms with Gasteiger partial charge in [-0.2, -0.15) is 0 Å². The molecule has 0 aliphatic carbocycles. The number of halogens is 1. The number of hydrogen-bond acceptors (Lipinski definition) is 4. The van der Waals surface area contributed by atoms with Gasteiger partial charge in [-0.1, -0.05) is 0 Å². The molecule has 4 nitrogen and oxygen atoms in total. The second-order valence-corrected chi connectivity index (χ2v) is 4.71. The molecule has 0 bridgehead atoms. The Morgan fingerprint density at radius 3 is 2.35 bits per heavy atom. The lowest BCUT2D eigenvalue weighted by Crippen LogP contribution is -2.03. The minimum Gasteiger partial charge on any atom is -0.424 e. The van der Waals surface area contributed by atoms with E-state index in [2.05, 4.69) is 32.6 Å². The van der Waals surface area contributed by atoms with Gasteiger partial charge in [0.25, 0.3) is 0 Å². The molecule has 5 heteroatoms. The lowest BCUT2D eigenvalue weighted by atomic mass is 10.2. The van der Waals surface area contributed by atoms with Crippen LogP contribution >= 0.6 is 22.6 Å². The van der Waals surface area contributed by atoms with Gasteiger partial charge in [-0.25, -0.2) is 9.97 Å². The summed E-state index contributed by atoms with van der Waals surface area (Å²) in [6.07, 6.45) is 4.26. The SMILES string of the molecule is NCCc1cnc(Oc2ccc(I)cc2)nc1. The number of benzene rings is 1. The number of rotatable bonds is 4. The van der Waals surface area contributed by atoms with Crippen LogP contribution in [0.25, 0.3) is 0 Å². The summed E-state index contributed by atoms with van der Waals surface area (Å²) >= 11 is 2.24. The van der Waals surface area contributed by atoms with Crippen LogP contribution in [0.15, 0.2) is 36.7 Å². The molecule has 1 heterocycles. The van der Waals surface area contributed by atoms with Crippen molar-refractivity contribution in [3.63, 3.8) is 0 Å². The molecular formula is C12H12IN3O. The fourth-order valence-corrected chi connectivity index (χ4v) is 1.66. The summed E-state index contributed by atoms with van der Waals surface area (Å²) in [5.41, 5.74) is 6.46. The summed E-state index contributed by atoms with van der Waals surface area (Å²) in [5.74, 6) is 0.733. The molecule has 0 saturated carbocycles. The van der Waals surface area contributed by atoms with Gasteiger partial charge in [0.05, 0.1) is 0 Å². The Labute approximate surface area is 113 Å². The van der Waals surface area contributed by atoms with E-state index in [0.29, 0.717) is 12.6 Å². The number of aromatic nitrogens is 2. The second-order valence-electron chi connectivity index (χ2n) is 3.47. The molecule has 0 spiro atoms. The lowest BCUT2D eigenvalue weighted by molar-refractivity contribution is 0.441. The van der Waals surface area contributed by atoms with E-state index in [1.807, 2.05) is 24.3 Å². The number of hydrogen-bond donors (Lipinski definition) is 1. The van der Waals surface area contributed by atoms with Crippen LogP contribution in [-0.2, 0) is 6.42 Å². The summed E-state index contributed by atoms with van der Waals surface area (Å²) in [6.45, 7) is 0.598. The molecule has 2 rings (SSSR count). The molecule has 1 aromatic carbocycles. The van der Waals surface area contributed by atoms with E-state index in [9.17, 15) is 0 Å². The van der Waals surface area contributed by atoms with Gasteiger partial charge in [0.15, 0.2) is 0 Å². The maximum Gasteiger partial charge on any atom is 0.321 e. The molecule has 0 amide bonds. The molecule has 0 atom stereocenters. The molecular weight excluding hydrogens is 329 g/mol. The van der Waals surface area contributed by atoms with E-state index >= 15 is 0 Å². The average Bonchev–Trinajstić information content (AvgIpc) is 2.35. The molecule has 0 fully saturated rings. The molecule has 1 aromatic heterocycles. The number of ether oxygens (including phenoxy) is 1.